The lowest BCUT2D eigenvalue weighted by molar-refractivity contribution is 0.179. The average Bonchev–Trinajstić information content (AvgIpc) is 3.55. The van der Waals surface area contributed by atoms with Crippen molar-refractivity contribution in [1.29, 1.82) is 0 Å². The maximum Gasteiger partial charge on any atom is 0.204 e. The summed E-state index contributed by atoms with van der Waals surface area (Å²) in [5, 5.41) is 0. The average molecular weight is 376 g/mol. The lowest BCUT2D eigenvalue weighted by Crippen LogP contribution is -2.24. The van der Waals surface area contributed by atoms with Gasteiger partial charge in [-0.15, -0.1) is 0 Å². The molecule has 4 heteroatoms. The van der Waals surface area contributed by atoms with Crippen LogP contribution in [0.15, 0.2) is 23.8 Å². The van der Waals surface area contributed by atoms with Crippen LogP contribution in [-0.2, 0) is 0 Å². The number of hydrogen-bond donors (Lipinski definition) is 0. The Morgan fingerprint density at radius 3 is 1.93 bits per heavy atom. The molecular formula is C23H30F2O2. The molecule has 4 rings (SSSR count). The zero-order chi connectivity index (χ0) is 18.8. The molecule has 2 saturated carbocycles. The standard InChI is InChI=1S/C23H30F2O2/c1-26-20-12-13-21(23(25)22(20)24)27-14-15-2-4-16(5-3-15)17-6-8-18(9-7-17)19-10-11-19/h2,12-13,16-19H,3-11,14H2,1H3. The summed E-state index contributed by atoms with van der Waals surface area (Å²) in [6, 6.07) is 2.83. The van der Waals surface area contributed by atoms with Gasteiger partial charge in [-0.2, -0.15) is 8.78 Å². The Kier molecular flexibility index (Phi) is 5.70. The SMILES string of the molecule is COc1ccc(OCC2=CCC(C3CCC(C4CC4)CC3)CC2)c(F)c1F. The van der Waals surface area contributed by atoms with E-state index >= 15 is 0 Å². The second-order valence-electron chi connectivity index (χ2n) is 8.59. The summed E-state index contributed by atoms with van der Waals surface area (Å²) < 4.78 is 38.1. The van der Waals surface area contributed by atoms with Crippen LogP contribution in [-0.4, -0.2) is 13.7 Å². The van der Waals surface area contributed by atoms with Crippen molar-refractivity contribution in [3.05, 3.63) is 35.4 Å². The van der Waals surface area contributed by atoms with Crippen molar-refractivity contribution in [3.8, 4) is 11.5 Å². The molecule has 27 heavy (non-hydrogen) atoms. The van der Waals surface area contributed by atoms with Crippen LogP contribution in [0, 0.1) is 35.3 Å². The summed E-state index contributed by atoms with van der Waals surface area (Å²) in [6.45, 7) is 0.337. The Morgan fingerprint density at radius 1 is 0.815 bits per heavy atom. The first-order valence-electron chi connectivity index (χ1n) is 10.5. The van der Waals surface area contributed by atoms with E-state index in [0.29, 0.717) is 6.61 Å². The molecular weight excluding hydrogens is 346 g/mol. The number of benzene rings is 1. The normalized spacial score (nSPS) is 28.6. The minimum Gasteiger partial charge on any atom is -0.494 e. The van der Waals surface area contributed by atoms with Crippen molar-refractivity contribution in [1.82, 2.24) is 0 Å². The highest BCUT2D eigenvalue weighted by molar-refractivity contribution is 5.35. The molecule has 2 nitrogen and oxygen atoms in total. The summed E-state index contributed by atoms with van der Waals surface area (Å²) >= 11 is 0. The Labute approximate surface area is 160 Å². The molecule has 0 N–H and O–H groups in total. The van der Waals surface area contributed by atoms with Crippen molar-refractivity contribution in [2.75, 3.05) is 13.7 Å². The van der Waals surface area contributed by atoms with E-state index in [1.807, 2.05) is 0 Å². The lowest BCUT2D eigenvalue weighted by atomic mass is 9.70. The van der Waals surface area contributed by atoms with Gasteiger partial charge in [0.25, 0.3) is 0 Å². The van der Waals surface area contributed by atoms with Gasteiger partial charge < -0.3 is 9.47 Å². The molecule has 0 amide bonds. The van der Waals surface area contributed by atoms with Gasteiger partial charge in [0.05, 0.1) is 7.11 Å². The molecule has 1 aromatic rings. The first-order chi connectivity index (χ1) is 13.2. The number of halogens is 2. The van der Waals surface area contributed by atoms with Crippen LogP contribution in [0.3, 0.4) is 0 Å². The van der Waals surface area contributed by atoms with E-state index in [4.69, 9.17) is 9.47 Å². The molecule has 0 spiro atoms. The maximum atomic E-state index is 14.0. The predicted molar refractivity (Wildman–Crippen MR) is 102 cm³/mol. The lowest BCUT2D eigenvalue weighted by Gasteiger charge is -2.35. The number of methoxy groups -OCH3 is 1. The first kappa shape index (κ1) is 18.8. The molecule has 1 unspecified atom stereocenters. The van der Waals surface area contributed by atoms with Crippen LogP contribution in [0.5, 0.6) is 11.5 Å². The monoisotopic (exact) mass is 376 g/mol. The van der Waals surface area contributed by atoms with Crippen LogP contribution in [0.2, 0.25) is 0 Å². The molecule has 1 aromatic carbocycles. The fourth-order valence-electron chi connectivity index (χ4n) is 5.08. The van der Waals surface area contributed by atoms with Crippen molar-refractivity contribution in [2.45, 2.75) is 57.8 Å². The fourth-order valence-corrected chi connectivity index (χ4v) is 5.08. The van der Waals surface area contributed by atoms with Gasteiger partial charge in [0.15, 0.2) is 11.5 Å². The van der Waals surface area contributed by atoms with Crippen LogP contribution in [0.4, 0.5) is 8.78 Å². The Bertz CT molecular complexity index is 688. The highest BCUT2D eigenvalue weighted by Crippen LogP contribution is 2.47. The van der Waals surface area contributed by atoms with Crippen molar-refractivity contribution in [3.63, 3.8) is 0 Å². The van der Waals surface area contributed by atoms with Gasteiger partial charge in [-0.1, -0.05) is 6.08 Å². The first-order valence-corrected chi connectivity index (χ1v) is 10.5. The fraction of sp³-hybridized carbons (Fsp3) is 0.652. The van der Waals surface area contributed by atoms with Crippen molar-refractivity contribution in [2.24, 2.45) is 23.7 Å². The topological polar surface area (TPSA) is 18.5 Å². The van der Waals surface area contributed by atoms with Gasteiger partial charge >= 0.3 is 0 Å². The second-order valence-corrected chi connectivity index (χ2v) is 8.59. The van der Waals surface area contributed by atoms with Gasteiger partial charge in [0.2, 0.25) is 11.6 Å². The molecule has 0 radical (unpaired) electrons. The van der Waals surface area contributed by atoms with Gasteiger partial charge in [-0.3, -0.25) is 0 Å². The zero-order valence-corrected chi connectivity index (χ0v) is 16.2. The minimum atomic E-state index is -0.991. The third-order valence-corrected chi connectivity index (χ3v) is 6.96. The quantitative estimate of drug-likeness (QED) is 0.543. The molecule has 0 saturated heterocycles. The van der Waals surface area contributed by atoms with Gasteiger partial charge in [-0.25, -0.2) is 0 Å². The Morgan fingerprint density at radius 2 is 1.37 bits per heavy atom. The highest BCUT2D eigenvalue weighted by Gasteiger charge is 2.36. The van der Waals surface area contributed by atoms with Gasteiger partial charge in [0, 0.05) is 0 Å². The summed E-state index contributed by atoms with van der Waals surface area (Å²) in [6.07, 6.45) is 14.2. The van der Waals surface area contributed by atoms with Crippen molar-refractivity contribution >= 4 is 0 Å². The molecule has 0 heterocycles. The molecule has 1 atom stereocenters. The summed E-state index contributed by atoms with van der Waals surface area (Å²) in [7, 11) is 1.32. The van der Waals surface area contributed by atoms with Crippen LogP contribution < -0.4 is 9.47 Å². The molecule has 3 aliphatic carbocycles. The van der Waals surface area contributed by atoms with E-state index in [-0.39, 0.29) is 11.5 Å². The Balaban J connectivity index is 1.26. The van der Waals surface area contributed by atoms with Crippen LogP contribution in [0.1, 0.15) is 57.8 Å². The molecule has 0 aromatic heterocycles. The molecule has 0 bridgehead atoms. The third kappa shape index (κ3) is 4.30. The van der Waals surface area contributed by atoms with Gasteiger partial charge in [0.1, 0.15) is 6.61 Å². The van der Waals surface area contributed by atoms with Crippen molar-refractivity contribution < 1.29 is 18.3 Å². The molecule has 0 aliphatic heterocycles. The Hall–Kier alpha value is -1.58. The summed E-state index contributed by atoms with van der Waals surface area (Å²) in [5.41, 5.74) is 1.20. The zero-order valence-electron chi connectivity index (χ0n) is 16.2. The summed E-state index contributed by atoms with van der Waals surface area (Å²) in [5.74, 6) is 1.64. The summed E-state index contributed by atoms with van der Waals surface area (Å²) in [4.78, 5) is 0. The molecule has 148 valence electrons. The third-order valence-electron chi connectivity index (χ3n) is 6.96. The molecule has 3 aliphatic rings. The predicted octanol–water partition coefficient (Wildman–Crippen LogP) is 6.30. The van der Waals surface area contributed by atoms with E-state index < -0.39 is 11.6 Å². The van der Waals surface area contributed by atoms with Crippen LogP contribution >= 0.6 is 0 Å². The number of allylic oxidation sites excluding steroid dienone is 1. The largest absolute Gasteiger partial charge is 0.494 e. The second kappa shape index (κ2) is 8.20. The van der Waals surface area contributed by atoms with E-state index in [0.717, 1.165) is 36.5 Å². The van der Waals surface area contributed by atoms with Crippen LogP contribution in [0.25, 0.3) is 0 Å². The number of ether oxygens (including phenoxy) is 2. The maximum absolute atomic E-state index is 14.0. The number of rotatable bonds is 6. The van der Waals surface area contributed by atoms with E-state index in [9.17, 15) is 8.78 Å². The number of hydrogen-bond acceptors (Lipinski definition) is 2. The minimum absolute atomic E-state index is 0.0466. The van der Waals surface area contributed by atoms with E-state index in [1.165, 1.54) is 69.8 Å². The molecule has 2 fully saturated rings. The van der Waals surface area contributed by atoms with Gasteiger partial charge in [-0.05, 0) is 99.2 Å². The highest BCUT2D eigenvalue weighted by atomic mass is 19.2. The van der Waals surface area contributed by atoms with E-state index in [1.54, 1.807) is 0 Å². The smallest absolute Gasteiger partial charge is 0.204 e. The van der Waals surface area contributed by atoms with E-state index in [2.05, 4.69) is 6.08 Å².